The fraction of sp³-hybridized carbons (Fsp3) is 0.545. The molecule has 47 heavy (non-hydrogen) atoms. The van der Waals surface area contributed by atoms with Gasteiger partial charge in [0.15, 0.2) is 29.8 Å². The average molecular weight is 667 g/mol. The smallest absolute Gasteiger partial charge is 0.323 e. The van der Waals surface area contributed by atoms with Crippen molar-refractivity contribution >= 4 is 23.7 Å². The lowest BCUT2D eigenvalue weighted by molar-refractivity contribution is -0.150. The lowest BCUT2D eigenvalue weighted by Gasteiger charge is -2.61. The lowest BCUT2D eigenvalue weighted by atomic mass is 9.71. The summed E-state index contributed by atoms with van der Waals surface area (Å²) in [6, 6.07) is 1.67. The van der Waals surface area contributed by atoms with E-state index in [1.165, 1.54) is 18.7 Å². The van der Waals surface area contributed by atoms with Crippen LogP contribution in [0.4, 0.5) is 0 Å². The van der Waals surface area contributed by atoms with Crippen LogP contribution in [0.5, 0.6) is 28.7 Å². The second-order valence-corrected chi connectivity index (χ2v) is 13.7. The van der Waals surface area contributed by atoms with Crippen LogP contribution in [0.25, 0.3) is 0 Å². The van der Waals surface area contributed by atoms with Crippen molar-refractivity contribution in [3.8, 4) is 34.8 Å². The molecule has 5 aliphatic heterocycles. The van der Waals surface area contributed by atoms with E-state index in [-0.39, 0.29) is 38.0 Å². The molecule has 2 aromatic carbocycles. The Morgan fingerprint density at radius 3 is 2.60 bits per heavy atom. The number of carbonyl (C=O) groups is 2. The van der Waals surface area contributed by atoms with Crippen molar-refractivity contribution in [3.63, 3.8) is 0 Å². The monoisotopic (exact) mass is 666 g/mol. The minimum Gasteiger partial charge on any atom is -0.493 e. The molecule has 2 fully saturated rings. The Morgan fingerprint density at radius 2 is 1.89 bits per heavy atom. The first-order valence-electron chi connectivity index (χ1n) is 15.5. The summed E-state index contributed by atoms with van der Waals surface area (Å²) in [6.45, 7) is 5.08. The maximum absolute atomic E-state index is 13.1. The van der Waals surface area contributed by atoms with Crippen molar-refractivity contribution in [1.29, 1.82) is 5.26 Å². The molecule has 2 saturated heterocycles. The maximum atomic E-state index is 13.1. The van der Waals surface area contributed by atoms with Gasteiger partial charge in [0.1, 0.15) is 24.4 Å². The van der Waals surface area contributed by atoms with E-state index < -0.39 is 41.4 Å². The molecular formula is C33H38N4O9S. The molecule has 0 amide bonds. The van der Waals surface area contributed by atoms with E-state index in [0.29, 0.717) is 46.3 Å². The number of rotatable bonds is 5. The molecule has 7 rings (SSSR count). The third kappa shape index (κ3) is 4.74. The van der Waals surface area contributed by atoms with Gasteiger partial charge < -0.3 is 38.9 Å². The molecule has 0 saturated carbocycles. The first kappa shape index (κ1) is 31.8. The molecule has 5 heterocycles. The molecule has 4 bridgehead atoms. The number of hydrogen-bond acceptors (Lipinski definition) is 14. The predicted octanol–water partition coefficient (Wildman–Crippen LogP) is 2.84. The van der Waals surface area contributed by atoms with Crippen LogP contribution in [0.15, 0.2) is 6.07 Å². The summed E-state index contributed by atoms with van der Waals surface area (Å²) in [4.78, 5) is 30.2. The number of nitrogens with zero attached hydrogens (tertiary/aromatic N) is 3. The minimum absolute atomic E-state index is 0.00896. The molecular weight excluding hydrogens is 628 g/mol. The molecule has 14 heteroatoms. The number of nitrogens with two attached hydrogens (primary N) is 1. The van der Waals surface area contributed by atoms with Gasteiger partial charge in [-0.15, -0.1) is 11.8 Å². The van der Waals surface area contributed by atoms with E-state index in [9.17, 15) is 14.9 Å². The number of carbonyl (C=O) groups excluding carboxylic acids is 2. The summed E-state index contributed by atoms with van der Waals surface area (Å²) in [5, 5.41) is 10.5. The van der Waals surface area contributed by atoms with E-state index in [1.54, 1.807) is 14.2 Å². The number of esters is 2. The first-order chi connectivity index (χ1) is 22.6. The van der Waals surface area contributed by atoms with Crippen LogP contribution in [0, 0.1) is 25.2 Å². The number of hydrogen-bond donors (Lipinski definition) is 1. The number of likely N-dealkylation sites (N-methyl/N-ethyl adjacent to an activating group) is 1. The zero-order valence-electron chi connectivity index (χ0n) is 27.2. The molecule has 0 aliphatic carbocycles. The van der Waals surface area contributed by atoms with Gasteiger partial charge in [0.25, 0.3) is 0 Å². The van der Waals surface area contributed by atoms with Gasteiger partial charge in [0.2, 0.25) is 6.79 Å². The Hall–Kier alpha value is -3.74. The van der Waals surface area contributed by atoms with Crippen LogP contribution in [-0.4, -0.2) is 93.1 Å². The van der Waals surface area contributed by atoms with Crippen molar-refractivity contribution < 1.29 is 42.7 Å². The van der Waals surface area contributed by atoms with E-state index in [4.69, 9.17) is 38.9 Å². The Balaban J connectivity index is 1.56. The topological polar surface area (TPSA) is 155 Å². The van der Waals surface area contributed by atoms with Crippen LogP contribution in [-0.2, 0) is 25.5 Å². The maximum Gasteiger partial charge on any atom is 0.323 e. The van der Waals surface area contributed by atoms with Gasteiger partial charge >= 0.3 is 11.9 Å². The van der Waals surface area contributed by atoms with E-state index >= 15 is 0 Å². The molecule has 2 unspecified atom stereocenters. The lowest BCUT2D eigenvalue weighted by Crippen LogP contribution is -2.69. The molecule has 250 valence electrons. The number of piperazine rings is 1. The largest absolute Gasteiger partial charge is 0.493 e. The second kappa shape index (κ2) is 12.1. The van der Waals surface area contributed by atoms with Gasteiger partial charge in [-0.2, -0.15) is 5.26 Å². The van der Waals surface area contributed by atoms with Crippen LogP contribution in [0.1, 0.15) is 57.6 Å². The third-order valence-electron chi connectivity index (χ3n) is 9.99. The number of cyclic esters (lactones) is 1. The van der Waals surface area contributed by atoms with Crippen molar-refractivity contribution in [2.75, 3.05) is 47.2 Å². The number of ether oxygens (including phenoxy) is 7. The highest BCUT2D eigenvalue weighted by Crippen LogP contribution is 2.64. The highest BCUT2D eigenvalue weighted by Gasteiger charge is 2.60. The second-order valence-electron chi connectivity index (χ2n) is 12.5. The number of fused-ring (bicyclic) bond motifs is 9. The molecule has 0 aromatic heterocycles. The summed E-state index contributed by atoms with van der Waals surface area (Å²) >= 11 is 1.48. The van der Waals surface area contributed by atoms with Crippen LogP contribution in [0.3, 0.4) is 0 Å². The van der Waals surface area contributed by atoms with E-state index in [0.717, 1.165) is 22.3 Å². The molecule has 0 radical (unpaired) electrons. The molecule has 13 nitrogen and oxygen atoms in total. The average Bonchev–Trinajstić information content (AvgIpc) is 3.53. The number of benzene rings is 2. The zero-order chi connectivity index (χ0) is 33.3. The van der Waals surface area contributed by atoms with Crippen LogP contribution >= 0.6 is 11.8 Å². The van der Waals surface area contributed by atoms with Crippen molar-refractivity contribution in [1.82, 2.24) is 9.80 Å². The number of nitriles is 1. The fourth-order valence-corrected chi connectivity index (χ4v) is 9.66. The zero-order valence-corrected chi connectivity index (χ0v) is 28.0. The van der Waals surface area contributed by atoms with Crippen LogP contribution in [0.2, 0.25) is 0 Å². The normalized spacial score (nSPS) is 29.1. The fourth-order valence-electron chi connectivity index (χ4n) is 8.22. The van der Waals surface area contributed by atoms with Gasteiger partial charge in [-0.1, -0.05) is 6.07 Å². The Kier molecular flexibility index (Phi) is 8.16. The molecule has 7 atom stereocenters. The van der Waals surface area contributed by atoms with Gasteiger partial charge in [-0.05, 0) is 38.4 Å². The first-order valence-corrected chi connectivity index (χ1v) is 16.6. The quantitative estimate of drug-likeness (QED) is 0.282. The molecule has 0 spiro atoms. The summed E-state index contributed by atoms with van der Waals surface area (Å²) < 4.78 is 41.6. The third-order valence-corrected chi connectivity index (χ3v) is 11.4. The summed E-state index contributed by atoms with van der Waals surface area (Å²) in [6.07, 6.45) is 0.574. The summed E-state index contributed by atoms with van der Waals surface area (Å²) in [5.41, 5.74) is 11.3. The van der Waals surface area contributed by atoms with Crippen LogP contribution < -0.4 is 29.4 Å². The van der Waals surface area contributed by atoms with Gasteiger partial charge in [-0.3, -0.25) is 19.4 Å². The highest BCUT2D eigenvalue weighted by atomic mass is 32.2. The molecule has 2 N–H and O–H groups in total. The minimum atomic E-state index is -0.883. The standard InChI is InChI=1S/C33H38N4O9S/c1-14-7-17-8-19-20(9-34)37-21-10-42-33(39)18(35)11-47-32(24-23(21)31-29(44-13-45-31)15(2)28(24)46-16(3)38)26(37)25(36(19)4)22(17)30(27(14)41-6)43-12-40-5/h7,18-21,25-26,32H,8,10-13,35H2,1-6H3/t18?,19-,20-,21-,25+,26?,32+/m0/s1. The van der Waals surface area contributed by atoms with Gasteiger partial charge in [0.05, 0.1) is 30.5 Å². The van der Waals surface area contributed by atoms with E-state index in [1.807, 2.05) is 20.9 Å². The van der Waals surface area contributed by atoms with E-state index in [2.05, 4.69) is 21.9 Å². The number of thioether (sulfide) groups is 1. The number of methoxy groups -OCH3 is 2. The van der Waals surface area contributed by atoms with Crippen molar-refractivity contribution in [3.05, 3.63) is 39.4 Å². The highest BCUT2D eigenvalue weighted by molar-refractivity contribution is 7.99. The van der Waals surface area contributed by atoms with Gasteiger partial charge in [0, 0.05) is 54.1 Å². The Morgan fingerprint density at radius 1 is 1.13 bits per heavy atom. The Labute approximate surface area is 277 Å². The molecule has 2 aromatic rings. The Bertz CT molecular complexity index is 1700. The molecule has 5 aliphatic rings. The SMILES string of the molecule is COCOc1c(OC)c(C)cc2c1[C@@H]1C3[C@@H]4SCC(N)C(=O)OC[C@@H](c5c6c(c(C)c(OC(C)=O)c54)OCO6)N3[C@@H](C#N)[C@H](C2)N1C. The summed E-state index contributed by atoms with van der Waals surface area (Å²) in [5.74, 6) is 1.76. The van der Waals surface area contributed by atoms with Crippen molar-refractivity contribution in [2.24, 2.45) is 5.73 Å². The van der Waals surface area contributed by atoms with Gasteiger partial charge in [-0.25, -0.2) is 0 Å². The van der Waals surface area contributed by atoms with Crippen molar-refractivity contribution in [2.45, 2.75) is 68.7 Å². The predicted molar refractivity (Wildman–Crippen MR) is 169 cm³/mol. The number of aryl methyl sites for hydroxylation is 1. The summed E-state index contributed by atoms with van der Waals surface area (Å²) in [7, 11) is 5.22.